The third kappa shape index (κ3) is 3.54. The molecule has 1 fully saturated rings. The van der Waals surface area contributed by atoms with Gasteiger partial charge in [-0.2, -0.15) is 0 Å². The zero-order valence-corrected chi connectivity index (χ0v) is 14.8. The molecule has 0 spiro atoms. The summed E-state index contributed by atoms with van der Waals surface area (Å²) in [7, 11) is 1.74. The molecule has 0 radical (unpaired) electrons. The van der Waals surface area contributed by atoms with Gasteiger partial charge in [-0.15, -0.1) is 0 Å². The molecule has 1 heterocycles. The number of hydrogen-bond donors (Lipinski definition) is 0. The van der Waals surface area contributed by atoms with E-state index >= 15 is 0 Å². The monoisotopic (exact) mass is 362 g/mol. The predicted octanol–water partition coefficient (Wildman–Crippen LogP) is 3.75. The van der Waals surface area contributed by atoms with Gasteiger partial charge in [-0.25, -0.2) is 0 Å². The van der Waals surface area contributed by atoms with E-state index in [1.807, 2.05) is 12.1 Å². The number of para-hydroxylation sites is 1. The maximum absolute atomic E-state index is 6.34. The molecule has 0 saturated carbocycles. The van der Waals surface area contributed by atoms with Gasteiger partial charge < -0.3 is 0 Å². The van der Waals surface area contributed by atoms with Gasteiger partial charge in [-0.05, 0) is 0 Å². The first kappa shape index (κ1) is 15.6. The van der Waals surface area contributed by atoms with E-state index in [1.54, 1.807) is 7.11 Å². The van der Waals surface area contributed by atoms with Crippen molar-refractivity contribution < 1.29 is 9.47 Å². The Morgan fingerprint density at radius 2 is 1.73 bits per heavy atom. The summed E-state index contributed by atoms with van der Waals surface area (Å²) in [6.07, 6.45) is 2.82. The second-order valence-electron chi connectivity index (χ2n) is 5.66. The Morgan fingerprint density at radius 3 is 2.50 bits per heavy atom. The summed E-state index contributed by atoms with van der Waals surface area (Å²) in [6.45, 7) is 2.17. The molecule has 1 unspecified atom stereocenters. The molecule has 0 aromatic heterocycles. The molecule has 1 aliphatic heterocycles. The van der Waals surface area contributed by atoms with Gasteiger partial charge >= 0.3 is 139 Å². The van der Waals surface area contributed by atoms with Gasteiger partial charge in [-0.1, -0.05) is 0 Å². The van der Waals surface area contributed by atoms with Gasteiger partial charge in [0.25, 0.3) is 0 Å². The van der Waals surface area contributed by atoms with Crippen LogP contribution in [0.15, 0.2) is 54.6 Å². The summed E-state index contributed by atoms with van der Waals surface area (Å²) in [4.78, 5) is 0.558. The average molecular weight is 361 g/mol. The first-order chi connectivity index (χ1) is 10.8. The predicted molar refractivity (Wildman–Crippen MR) is 91.1 cm³/mol. The van der Waals surface area contributed by atoms with Gasteiger partial charge in [0, 0.05) is 0 Å². The fourth-order valence-corrected chi connectivity index (χ4v) is 5.55. The number of hydrogen-bond acceptors (Lipinski definition) is 2. The van der Waals surface area contributed by atoms with E-state index in [4.69, 9.17) is 9.47 Å². The fraction of sp³-hybridized carbons (Fsp3) is 0.368. The summed E-state index contributed by atoms with van der Waals surface area (Å²) in [6, 6.07) is 19.1. The van der Waals surface area contributed by atoms with Crippen LogP contribution in [0.5, 0.6) is 5.75 Å². The van der Waals surface area contributed by atoms with Gasteiger partial charge in [0.1, 0.15) is 0 Å². The summed E-state index contributed by atoms with van der Waals surface area (Å²) in [5.74, 6) is 0.940. The van der Waals surface area contributed by atoms with Crippen molar-refractivity contribution in [1.82, 2.24) is 0 Å². The third-order valence-electron chi connectivity index (χ3n) is 4.05. The van der Waals surface area contributed by atoms with Crippen molar-refractivity contribution in [2.75, 3.05) is 7.11 Å². The van der Waals surface area contributed by atoms with Crippen LogP contribution in [0, 0.1) is 0 Å². The SMILES string of the molecule is COc1ccccc1[C@@H]1OC(C)CC[C@H]1[Se]c1ccccc1. The van der Waals surface area contributed by atoms with Crippen LogP contribution >= 0.6 is 0 Å². The number of methoxy groups -OCH3 is 1. The summed E-state index contributed by atoms with van der Waals surface area (Å²) < 4.78 is 13.3. The Kier molecular flexibility index (Phi) is 5.20. The van der Waals surface area contributed by atoms with Crippen molar-refractivity contribution in [2.45, 2.75) is 36.8 Å². The van der Waals surface area contributed by atoms with Crippen LogP contribution in [0.4, 0.5) is 0 Å². The van der Waals surface area contributed by atoms with Crippen LogP contribution in [0.2, 0.25) is 4.82 Å². The van der Waals surface area contributed by atoms with Gasteiger partial charge in [0.15, 0.2) is 0 Å². The van der Waals surface area contributed by atoms with Crippen molar-refractivity contribution >= 4 is 19.4 Å². The van der Waals surface area contributed by atoms with E-state index in [-0.39, 0.29) is 6.10 Å². The number of rotatable bonds is 4. The van der Waals surface area contributed by atoms with Crippen molar-refractivity contribution in [3.8, 4) is 5.75 Å². The zero-order valence-electron chi connectivity index (χ0n) is 13.1. The minimum atomic E-state index is 0.139. The Hall–Kier alpha value is -1.28. The molecule has 3 heteroatoms. The first-order valence-electron chi connectivity index (χ1n) is 7.78. The first-order valence-corrected chi connectivity index (χ1v) is 9.62. The van der Waals surface area contributed by atoms with Crippen molar-refractivity contribution in [1.29, 1.82) is 0 Å². The van der Waals surface area contributed by atoms with E-state index in [0.717, 1.165) is 12.2 Å². The van der Waals surface area contributed by atoms with E-state index in [1.165, 1.54) is 16.4 Å². The molecule has 2 nitrogen and oxygen atoms in total. The van der Waals surface area contributed by atoms with Crippen LogP contribution in [0.3, 0.4) is 0 Å². The molecular weight excluding hydrogens is 339 g/mol. The van der Waals surface area contributed by atoms with Gasteiger partial charge in [-0.3, -0.25) is 0 Å². The molecule has 0 N–H and O–H groups in total. The molecule has 3 atom stereocenters. The topological polar surface area (TPSA) is 18.5 Å². The van der Waals surface area contributed by atoms with Crippen molar-refractivity contribution in [2.24, 2.45) is 0 Å². The molecule has 0 aliphatic carbocycles. The zero-order chi connectivity index (χ0) is 15.4. The summed E-state index contributed by atoms with van der Waals surface area (Å²) in [5, 5.41) is 0. The quantitative estimate of drug-likeness (QED) is 0.773. The Morgan fingerprint density at radius 1 is 1.00 bits per heavy atom. The second kappa shape index (κ2) is 7.32. The summed E-state index contributed by atoms with van der Waals surface area (Å²) >= 11 is 0.410. The normalized spacial score (nSPS) is 24.9. The molecule has 0 amide bonds. The van der Waals surface area contributed by atoms with E-state index in [2.05, 4.69) is 49.4 Å². The molecule has 2 aromatic carbocycles. The third-order valence-corrected chi connectivity index (χ3v) is 6.84. The van der Waals surface area contributed by atoms with Crippen molar-refractivity contribution in [3.05, 3.63) is 60.2 Å². The molecule has 2 aromatic rings. The van der Waals surface area contributed by atoms with Crippen LogP contribution in [-0.4, -0.2) is 28.2 Å². The van der Waals surface area contributed by atoms with E-state index in [0.29, 0.717) is 25.9 Å². The minimum absolute atomic E-state index is 0.139. The molecule has 3 rings (SSSR count). The standard InChI is InChI=1S/C19H22O2Se/c1-14-12-13-18(22-15-8-4-3-5-9-15)19(21-14)16-10-6-7-11-17(16)20-2/h3-11,14,18-19H,12-13H2,1-2H3/t14?,18-,19+/m1/s1. The van der Waals surface area contributed by atoms with Crippen LogP contribution in [0.25, 0.3) is 0 Å². The van der Waals surface area contributed by atoms with Crippen LogP contribution in [-0.2, 0) is 4.74 Å². The van der Waals surface area contributed by atoms with E-state index < -0.39 is 0 Å². The Bertz CT molecular complexity index is 599. The van der Waals surface area contributed by atoms with Gasteiger partial charge in [0.05, 0.1) is 0 Å². The fourth-order valence-electron chi connectivity index (χ4n) is 2.93. The van der Waals surface area contributed by atoms with Crippen molar-refractivity contribution in [3.63, 3.8) is 0 Å². The molecule has 0 bridgehead atoms. The Balaban J connectivity index is 1.87. The average Bonchev–Trinajstić information content (AvgIpc) is 2.57. The number of benzene rings is 2. The Labute approximate surface area is 139 Å². The second-order valence-corrected chi connectivity index (χ2v) is 8.41. The molecular formula is C19H22O2Se. The molecule has 116 valence electrons. The maximum atomic E-state index is 6.34. The van der Waals surface area contributed by atoms with E-state index in [9.17, 15) is 0 Å². The van der Waals surface area contributed by atoms with Gasteiger partial charge in [0.2, 0.25) is 0 Å². The molecule has 1 saturated heterocycles. The number of ether oxygens (including phenoxy) is 2. The molecule has 1 aliphatic rings. The van der Waals surface area contributed by atoms with Crippen LogP contribution in [0.1, 0.15) is 31.4 Å². The van der Waals surface area contributed by atoms with Crippen LogP contribution < -0.4 is 9.20 Å². The summed E-state index contributed by atoms with van der Waals surface area (Å²) in [5.41, 5.74) is 1.19. The molecule has 22 heavy (non-hydrogen) atoms.